The van der Waals surface area contributed by atoms with Crippen molar-refractivity contribution in [2.45, 2.75) is 0 Å². The van der Waals surface area contributed by atoms with Crippen molar-refractivity contribution in [2.75, 3.05) is 24.4 Å². The molecule has 2 amide bonds. The van der Waals surface area contributed by atoms with E-state index in [2.05, 4.69) is 10.6 Å². The number of carbonyl (C=O) groups is 2. The van der Waals surface area contributed by atoms with Gasteiger partial charge in [-0.3, -0.25) is 9.59 Å². The van der Waals surface area contributed by atoms with E-state index in [0.717, 1.165) is 0 Å². The third-order valence-corrected chi connectivity index (χ3v) is 4.79. The molecule has 0 aliphatic carbocycles. The number of nitriles is 1. The molecule has 0 fully saturated rings. The number of benzene rings is 3. The molecule has 0 heterocycles. The molecule has 2 N–H and O–H groups in total. The maximum atomic E-state index is 13.0. The number of ether oxygens (including phenoxy) is 2. The predicted octanol–water partition coefficient (Wildman–Crippen LogP) is 5.19. The highest BCUT2D eigenvalue weighted by Gasteiger charge is 2.16. The van der Waals surface area contributed by atoms with Crippen LogP contribution in [0.25, 0.3) is 6.08 Å². The largest absolute Gasteiger partial charge is 0.493 e. The number of carbonyl (C=O) groups excluding carboxylic acids is 2. The summed E-state index contributed by atoms with van der Waals surface area (Å²) in [6.45, 7) is -0.411. The highest BCUT2D eigenvalue weighted by Crippen LogP contribution is 2.37. The van der Waals surface area contributed by atoms with Crippen LogP contribution in [0, 0.1) is 23.0 Å². The molecule has 0 saturated heterocycles. The minimum absolute atomic E-state index is 0.0708. The molecular formula is C25H18ClF2N3O4. The second kappa shape index (κ2) is 11.6. The van der Waals surface area contributed by atoms with Gasteiger partial charge < -0.3 is 20.1 Å². The molecule has 0 spiro atoms. The Labute approximate surface area is 204 Å². The number of hydrogen-bond acceptors (Lipinski definition) is 5. The number of rotatable bonds is 8. The Morgan fingerprint density at radius 2 is 1.57 bits per heavy atom. The predicted molar refractivity (Wildman–Crippen MR) is 127 cm³/mol. The number of nitrogens with one attached hydrogen (secondary N) is 2. The van der Waals surface area contributed by atoms with Gasteiger partial charge in [0.1, 0.15) is 23.3 Å². The monoisotopic (exact) mass is 497 g/mol. The Kier molecular flexibility index (Phi) is 8.38. The quantitative estimate of drug-likeness (QED) is 0.329. The van der Waals surface area contributed by atoms with E-state index < -0.39 is 30.1 Å². The van der Waals surface area contributed by atoms with Gasteiger partial charge in [0.2, 0.25) is 0 Å². The van der Waals surface area contributed by atoms with Crippen molar-refractivity contribution in [1.82, 2.24) is 0 Å². The van der Waals surface area contributed by atoms with Crippen LogP contribution in [0.3, 0.4) is 0 Å². The number of hydrogen-bond donors (Lipinski definition) is 2. The maximum absolute atomic E-state index is 13.0. The number of amides is 2. The normalized spacial score (nSPS) is 10.8. The molecule has 35 heavy (non-hydrogen) atoms. The molecule has 0 unspecified atom stereocenters. The van der Waals surface area contributed by atoms with Gasteiger partial charge in [0.05, 0.1) is 12.1 Å². The Morgan fingerprint density at radius 1 is 1.00 bits per heavy atom. The van der Waals surface area contributed by atoms with E-state index in [9.17, 15) is 23.6 Å². The fourth-order valence-electron chi connectivity index (χ4n) is 2.88. The molecule has 0 aliphatic heterocycles. The van der Waals surface area contributed by atoms with Crippen molar-refractivity contribution in [2.24, 2.45) is 0 Å². The molecule has 0 radical (unpaired) electrons. The molecule has 3 aromatic carbocycles. The zero-order valence-electron chi connectivity index (χ0n) is 18.3. The van der Waals surface area contributed by atoms with E-state index >= 15 is 0 Å². The molecule has 7 nitrogen and oxygen atoms in total. The van der Waals surface area contributed by atoms with Crippen LogP contribution >= 0.6 is 11.6 Å². The van der Waals surface area contributed by atoms with Crippen molar-refractivity contribution >= 4 is 40.9 Å². The fourth-order valence-corrected chi connectivity index (χ4v) is 3.15. The summed E-state index contributed by atoms with van der Waals surface area (Å²) < 4.78 is 36.8. The number of halogens is 3. The van der Waals surface area contributed by atoms with Crippen LogP contribution in [-0.2, 0) is 9.59 Å². The molecule has 0 atom stereocenters. The van der Waals surface area contributed by atoms with Gasteiger partial charge in [0, 0.05) is 11.4 Å². The average Bonchev–Trinajstić information content (AvgIpc) is 2.84. The summed E-state index contributed by atoms with van der Waals surface area (Å²) in [5.74, 6) is -1.87. The number of nitrogens with zero attached hydrogens (tertiary/aromatic N) is 1. The van der Waals surface area contributed by atoms with Crippen LogP contribution in [0.1, 0.15) is 5.56 Å². The summed E-state index contributed by atoms with van der Waals surface area (Å²) in [5, 5.41) is 14.5. The Bertz CT molecular complexity index is 1300. The summed E-state index contributed by atoms with van der Waals surface area (Å²) in [6, 6.07) is 15.0. The molecule has 0 saturated carbocycles. The molecule has 3 rings (SSSR count). The summed E-state index contributed by atoms with van der Waals surface area (Å²) >= 11 is 6.30. The van der Waals surface area contributed by atoms with Crippen LogP contribution in [0.15, 0.2) is 66.2 Å². The SMILES string of the molecule is COc1cc(/C=C(\C#N)C(=O)Nc2ccc(F)cc2)cc(Cl)c1OCC(=O)Nc1ccc(F)cc1. The van der Waals surface area contributed by atoms with Gasteiger partial charge in [-0.05, 0) is 72.3 Å². The zero-order chi connectivity index (χ0) is 25.4. The van der Waals surface area contributed by atoms with Gasteiger partial charge in [-0.2, -0.15) is 5.26 Å². The van der Waals surface area contributed by atoms with E-state index in [1.807, 2.05) is 0 Å². The van der Waals surface area contributed by atoms with Gasteiger partial charge in [-0.1, -0.05) is 11.6 Å². The van der Waals surface area contributed by atoms with Crippen LogP contribution in [0.5, 0.6) is 11.5 Å². The topological polar surface area (TPSA) is 100 Å². The van der Waals surface area contributed by atoms with Crippen LogP contribution in [0.4, 0.5) is 20.2 Å². The van der Waals surface area contributed by atoms with Crippen LogP contribution in [-0.4, -0.2) is 25.5 Å². The summed E-state index contributed by atoms with van der Waals surface area (Å²) in [7, 11) is 1.36. The van der Waals surface area contributed by atoms with Gasteiger partial charge in [0.25, 0.3) is 11.8 Å². The first kappa shape index (κ1) is 25.2. The molecule has 0 bridgehead atoms. The minimum atomic E-state index is -0.702. The molecule has 0 aromatic heterocycles. The van der Waals surface area contributed by atoms with E-state index in [1.54, 1.807) is 6.07 Å². The lowest BCUT2D eigenvalue weighted by atomic mass is 10.1. The standard InChI is InChI=1S/C25H18ClF2N3O4/c1-34-22-12-15(10-16(13-29)25(33)31-20-8-4-18(28)5-9-20)11-21(26)24(22)35-14-23(32)30-19-6-2-17(27)3-7-19/h2-12H,14H2,1H3,(H,30,32)(H,31,33)/b16-10+. The highest BCUT2D eigenvalue weighted by molar-refractivity contribution is 6.32. The average molecular weight is 498 g/mol. The Balaban J connectivity index is 1.72. The molecule has 178 valence electrons. The molecule has 0 aliphatic rings. The number of anilines is 2. The summed E-state index contributed by atoms with van der Waals surface area (Å²) in [5.41, 5.74) is 0.831. The van der Waals surface area contributed by atoms with Crippen molar-refractivity contribution in [1.29, 1.82) is 5.26 Å². The van der Waals surface area contributed by atoms with Crippen molar-refractivity contribution in [3.63, 3.8) is 0 Å². The first-order valence-electron chi connectivity index (χ1n) is 10.0. The first-order chi connectivity index (χ1) is 16.8. The second-order valence-corrected chi connectivity index (χ2v) is 7.42. The first-order valence-corrected chi connectivity index (χ1v) is 10.4. The van der Waals surface area contributed by atoms with Crippen LogP contribution < -0.4 is 20.1 Å². The fraction of sp³-hybridized carbons (Fsp3) is 0.0800. The second-order valence-electron chi connectivity index (χ2n) is 7.01. The molecule has 3 aromatic rings. The van der Waals surface area contributed by atoms with Gasteiger partial charge in [-0.15, -0.1) is 0 Å². The molecular weight excluding hydrogens is 480 g/mol. The Hall–Kier alpha value is -4.42. The number of methoxy groups -OCH3 is 1. The van der Waals surface area contributed by atoms with Crippen molar-refractivity contribution < 1.29 is 27.8 Å². The van der Waals surface area contributed by atoms with Gasteiger partial charge >= 0.3 is 0 Å². The van der Waals surface area contributed by atoms with Crippen LogP contribution in [0.2, 0.25) is 5.02 Å². The third kappa shape index (κ3) is 7.03. The van der Waals surface area contributed by atoms with E-state index in [-0.39, 0.29) is 22.1 Å². The summed E-state index contributed by atoms with van der Waals surface area (Å²) in [4.78, 5) is 24.6. The van der Waals surface area contributed by atoms with Crippen molar-refractivity contribution in [3.8, 4) is 17.6 Å². The lowest BCUT2D eigenvalue weighted by molar-refractivity contribution is -0.118. The van der Waals surface area contributed by atoms with E-state index in [4.69, 9.17) is 21.1 Å². The third-order valence-electron chi connectivity index (χ3n) is 4.51. The lowest BCUT2D eigenvalue weighted by Crippen LogP contribution is -2.20. The highest BCUT2D eigenvalue weighted by atomic mass is 35.5. The summed E-state index contributed by atoms with van der Waals surface area (Å²) in [6.07, 6.45) is 1.29. The minimum Gasteiger partial charge on any atom is -0.493 e. The van der Waals surface area contributed by atoms with E-state index in [1.165, 1.54) is 73.8 Å². The van der Waals surface area contributed by atoms with Gasteiger partial charge in [0.15, 0.2) is 18.1 Å². The molecule has 10 heteroatoms. The van der Waals surface area contributed by atoms with Crippen molar-refractivity contribution in [3.05, 3.63) is 88.5 Å². The smallest absolute Gasteiger partial charge is 0.266 e. The van der Waals surface area contributed by atoms with E-state index in [0.29, 0.717) is 16.9 Å². The lowest BCUT2D eigenvalue weighted by Gasteiger charge is -2.13. The zero-order valence-corrected chi connectivity index (χ0v) is 19.0. The Morgan fingerprint density at radius 3 is 2.11 bits per heavy atom. The maximum Gasteiger partial charge on any atom is 0.266 e. The van der Waals surface area contributed by atoms with Gasteiger partial charge in [-0.25, -0.2) is 8.78 Å².